The zero-order valence-electron chi connectivity index (χ0n) is 28.7. The molecule has 12 nitrogen and oxygen atoms in total. The summed E-state index contributed by atoms with van der Waals surface area (Å²) in [5.41, 5.74) is 3.19. The van der Waals surface area contributed by atoms with Crippen LogP contribution in [-0.4, -0.2) is 93.8 Å². The number of fused-ring (bicyclic) bond motifs is 1. The summed E-state index contributed by atoms with van der Waals surface area (Å²) in [6.45, 7) is 8.04. The normalized spacial score (nSPS) is 18.5. The Morgan fingerprint density at radius 3 is 2.30 bits per heavy atom. The standard InChI is InChI=1S/C37H41N9O3S/c1-5-44-19-21-45(22-20-44)24-31-33(48)46(34(50-31)25-11-7-6-8-12-25)27-17-15-26(16-18-27)38-35-39-36(42(2)3)41-37(40-35)49-30-23-32(47)43(4)29-14-10-9-13-28(29)30/h6-18,23,31,34H,5,19-22,24H2,1-4H3,(H,38,39,40,41). The van der Waals surface area contributed by atoms with Crippen LogP contribution in [0.2, 0.25) is 0 Å². The number of aromatic nitrogens is 4. The van der Waals surface area contributed by atoms with Crippen LogP contribution in [0, 0.1) is 0 Å². The van der Waals surface area contributed by atoms with Gasteiger partial charge in [-0.1, -0.05) is 49.4 Å². The fourth-order valence-electron chi connectivity index (χ4n) is 6.34. The quantitative estimate of drug-likeness (QED) is 0.211. The molecule has 7 rings (SSSR count). The van der Waals surface area contributed by atoms with Gasteiger partial charge in [0.2, 0.25) is 17.8 Å². The molecule has 2 aromatic heterocycles. The number of hydrogen-bond donors (Lipinski definition) is 1. The van der Waals surface area contributed by atoms with Gasteiger partial charge in [-0.3, -0.25) is 19.4 Å². The molecule has 0 radical (unpaired) electrons. The second-order valence-corrected chi connectivity index (χ2v) is 14.0. The minimum Gasteiger partial charge on any atom is -0.423 e. The average Bonchev–Trinajstić information content (AvgIpc) is 3.46. The Bertz CT molecular complexity index is 2030. The van der Waals surface area contributed by atoms with E-state index in [9.17, 15) is 9.59 Å². The van der Waals surface area contributed by atoms with E-state index in [0.717, 1.165) is 67.1 Å². The number of aryl methyl sites for hydroxylation is 1. The number of likely N-dealkylation sites (N-methyl/N-ethyl adjacent to an activating group) is 1. The maximum Gasteiger partial charge on any atom is 0.328 e. The van der Waals surface area contributed by atoms with Gasteiger partial charge in [0, 0.05) is 76.7 Å². The van der Waals surface area contributed by atoms with Gasteiger partial charge in [-0.05, 0) is 48.5 Å². The fraction of sp³-hybridized carbons (Fsp3) is 0.324. The monoisotopic (exact) mass is 691 g/mol. The lowest BCUT2D eigenvalue weighted by Gasteiger charge is -2.34. The number of rotatable bonds is 10. The Labute approximate surface area is 295 Å². The third-order valence-corrected chi connectivity index (χ3v) is 10.6. The van der Waals surface area contributed by atoms with Gasteiger partial charge in [0.15, 0.2) is 0 Å². The highest BCUT2D eigenvalue weighted by atomic mass is 32.2. The molecule has 3 aromatic carbocycles. The SMILES string of the molecule is CCN1CCN(CC2SC(c3ccccc3)N(c3ccc(Nc4nc(Oc5cc(=O)n(C)c6ccccc56)nc(N(C)C)n4)cc3)C2=O)CC1. The lowest BCUT2D eigenvalue weighted by molar-refractivity contribution is -0.118. The van der Waals surface area contributed by atoms with Crippen molar-refractivity contribution in [1.29, 1.82) is 0 Å². The van der Waals surface area contributed by atoms with Crippen LogP contribution in [0.3, 0.4) is 0 Å². The minimum absolute atomic E-state index is 0.0498. The number of nitrogens with zero attached hydrogens (tertiary/aromatic N) is 8. The van der Waals surface area contributed by atoms with Gasteiger partial charge >= 0.3 is 6.01 Å². The van der Waals surface area contributed by atoms with Crippen LogP contribution in [0.25, 0.3) is 10.9 Å². The van der Waals surface area contributed by atoms with E-state index in [4.69, 9.17) is 4.74 Å². The number of pyridine rings is 1. The van der Waals surface area contributed by atoms with Crippen molar-refractivity contribution in [2.24, 2.45) is 7.05 Å². The van der Waals surface area contributed by atoms with Crippen molar-refractivity contribution >= 4 is 51.8 Å². The van der Waals surface area contributed by atoms with Crippen LogP contribution in [0.15, 0.2) is 89.7 Å². The van der Waals surface area contributed by atoms with Crippen molar-refractivity contribution in [3.63, 3.8) is 0 Å². The summed E-state index contributed by atoms with van der Waals surface area (Å²) in [6.07, 6.45) is 0. The molecule has 0 spiro atoms. The molecule has 13 heteroatoms. The van der Waals surface area contributed by atoms with E-state index in [1.807, 2.05) is 85.7 Å². The zero-order valence-corrected chi connectivity index (χ0v) is 29.5. The number of para-hydroxylation sites is 1. The number of anilines is 4. The molecule has 1 N–H and O–H groups in total. The summed E-state index contributed by atoms with van der Waals surface area (Å²) in [6, 6.07) is 27.0. The molecule has 0 bridgehead atoms. The predicted molar refractivity (Wildman–Crippen MR) is 200 cm³/mol. The van der Waals surface area contributed by atoms with Gasteiger partial charge in [0.05, 0.1) is 10.8 Å². The van der Waals surface area contributed by atoms with E-state index < -0.39 is 0 Å². The number of carbonyl (C=O) groups excluding carboxylic acids is 1. The van der Waals surface area contributed by atoms with Crippen molar-refractivity contribution < 1.29 is 9.53 Å². The van der Waals surface area contributed by atoms with Gasteiger partial charge in [0.25, 0.3) is 5.56 Å². The smallest absolute Gasteiger partial charge is 0.328 e. The number of amides is 1. The van der Waals surface area contributed by atoms with Gasteiger partial charge in [-0.2, -0.15) is 15.0 Å². The fourth-order valence-corrected chi connectivity index (χ4v) is 7.84. The van der Waals surface area contributed by atoms with E-state index in [1.165, 1.54) is 6.07 Å². The number of thioether (sulfide) groups is 1. The number of piperazine rings is 1. The predicted octanol–water partition coefficient (Wildman–Crippen LogP) is 5.11. The largest absolute Gasteiger partial charge is 0.423 e. The van der Waals surface area contributed by atoms with Gasteiger partial charge < -0.3 is 24.4 Å². The Kier molecular flexibility index (Phi) is 9.70. The molecule has 5 aromatic rings. The molecule has 2 fully saturated rings. The summed E-state index contributed by atoms with van der Waals surface area (Å²) < 4.78 is 7.70. The summed E-state index contributed by atoms with van der Waals surface area (Å²) in [5, 5.41) is 3.76. The molecule has 4 heterocycles. The molecule has 50 heavy (non-hydrogen) atoms. The summed E-state index contributed by atoms with van der Waals surface area (Å²) in [7, 11) is 5.39. The van der Waals surface area contributed by atoms with Gasteiger partial charge in [-0.25, -0.2) is 0 Å². The molecule has 1 amide bonds. The Hall–Kier alpha value is -4.98. The van der Waals surface area contributed by atoms with Crippen molar-refractivity contribution in [2.45, 2.75) is 17.5 Å². The summed E-state index contributed by atoms with van der Waals surface area (Å²) in [5.74, 6) is 1.14. The molecule has 258 valence electrons. The van der Waals surface area contributed by atoms with Crippen LogP contribution >= 0.6 is 11.8 Å². The Balaban J connectivity index is 1.12. The molecule has 2 atom stereocenters. The second-order valence-electron chi connectivity index (χ2n) is 12.7. The van der Waals surface area contributed by atoms with Crippen LogP contribution in [0.5, 0.6) is 11.8 Å². The highest BCUT2D eigenvalue weighted by Gasteiger charge is 2.42. The first-order valence-electron chi connectivity index (χ1n) is 16.8. The molecule has 0 saturated carbocycles. The minimum atomic E-state index is -0.204. The van der Waals surface area contributed by atoms with E-state index in [-0.39, 0.29) is 34.0 Å². The van der Waals surface area contributed by atoms with Crippen molar-refractivity contribution in [3.05, 3.63) is 101 Å². The van der Waals surface area contributed by atoms with E-state index in [2.05, 4.69) is 49.1 Å². The van der Waals surface area contributed by atoms with E-state index in [0.29, 0.717) is 11.7 Å². The molecule has 2 saturated heterocycles. The zero-order chi connectivity index (χ0) is 34.8. The molecule has 2 unspecified atom stereocenters. The maximum atomic E-state index is 14.1. The first kappa shape index (κ1) is 33.5. The van der Waals surface area contributed by atoms with E-state index in [1.54, 1.807) is 28.3 Å². The number of hydrogen-bond acceptors (Lipinski definition) is 11. The first-order chi connectivity index (χ1) is 24.3. The highest BCUT2D eigenvalue weighted by Crippen LogP contribution is 2.46. The molecular weight excluding hydrogens is 651 g/mol. The molecule has 0 aliphatic carbocycles. The van der Waals surface area contributed by atoms with Crippen LogP contribution in [0.1, 0.15) is 17.9 Å². The third kappa shape index (κ3) is 7.02. The summed E-state index contributed by atoms with van der Waals surface area (Å²) in [4.78, 5) is 48.9. The number of benzene rings is 3. The van der Waals surface area contributed by atoms with Gasteiger partial charge in [0.1, 0.15) is 11.1 Å². The van der Waals surface area contributed by atoms with Crippen LogP contribution < -0.4 is 25.4 Å². The Morgan fingerprint density at radius 2 is 1.58 bits per heavy atom. The van der Waals surface area contributed by atoms with Crippen LogP contribution in [0.4, 0.5) is 23.3 Å². The molecule has 2 aliphatic heterocycles. The number of carbonyl (C=O) groups is 1. The average molecular weight is 692 g/mol. The topological polar surface area (TPSA) is 112 Å². The molecule has 2 aliphatic rings. The number of ether oxygens (including phenoxy) is 1. The maximum absolute atomic E-state index is 14.1. The molecular formula is C37H41N9O3S. The third-order valence-electron chi connectivity index (χ3n) is 9.18. The lowest BCUT2D eigenvalue weighted by atomic mass is 10.1. The number of nitrogens with one attached hydrogen (secondary N) is 1. The van der Waals surface area contributed by atoms with Crippen molar-refractivity contribution in [3.8, 4) is 11.8 Å². The van der Waals surface area contributed by atoms with Gasteiger partial charge in [-0.15, -0.1) is 11.8 Å². The van der Waals surface area contributed by atoms with E-state index >= 15 is 0 Å². The summed E-state index contributed by atoms with van der Waals surface area (Å²) >= 11 is 1.73. The van der Waals surface area contributed by atoms with Crippen LogP contribution in [-0.2, 0) is 11.8 Å². The van der Waals surface area contributed by atoms with Crippen molar-refractivity contribution in [1.82, 2.24) is 29.3 Å². The Morgan fingerprint density at radius 1 is 0.880 bits per heavy atom. The lowest BCUT2D eigenvalue weighted by Crippen LogP contribution is -2.49. The first-order valence-corrected chi connectivity index (χ1v) is 17.8. The van der Waals surface area contributed by atoms with Crippen molar-refractivity contribution in [2.75, 3.05) is 68.5 Å². The second kappa shape index (κ2) is 14.5. The highest BCUT2D eigenvalue weighted by molar-refractivity contribution is 8.01.